The molecule has 0 saturated heterocycles. The van der Waals surface area contributed by atoms with Crippen LogP contribution in [0.4, 0.5) is 5.69 Å². The minimum Gasteiger partial charge on any atom is -0.491 e. The second kappa shape index (κ2) is 10.7. The van der Waals surface area contributed by atoms with Crippen LogP contribution in [0.5, 0.6) is 5.75 Å². The van der Waals surface area contributed by atoms with Crippen molar-refractivity contribution >= 4 is 14.0 Å². The van der Waals surface area contributed by atoms with Crippen LogP contribution in [0.3, 0.4) is 0 Å². The summed E-state index contributed by atoms with van der Waals surface area (Å²) in [5.74, 6) is 0.605. The maximum Gasteiger partial charge on any atom is 0.192 e. The van der Waals surface area contributed by atoms with Crippen LogP contribution in [0.2, 0.25) is 18.1 Å². The van der Waals surface area contributed by atoms with Gasteiger partial charge in [-0.2, -0.15) is 0 Å². The van der Waals surface area contributed by atoms with Gasteiger partial charge in [0.1, 0.15) is 24.6 Å². The molecule has 30 heavy (non-hydrogen) atoms. The molecule has 0 fully saturated rings. The number of hydrogen-bond acceptors (Lipinski definition) is 4. The predicted octanol–water partition coefficient (Wildman–Crippen LogP) is 5.58. The average Bonchev–Trinajstić information content (AvgIpc) is 2.72. The Morgan fingerprint density at radius 1 is 1.00 bits per heavy atom. The van der Waals surface area contributed by atoms with E-state index in [1.54, 1.807) is 24.3 Å². The van der Waals surface area contributed by atoms with Crippen molar-refractivity contribution in [3.63, 3.8) is 0 Å². The largest absolute Gasteiger partial charge is 0.491 e. The zero-order valence-electron chi connectivity index (χ0n) is 18.6. The third-order valence-electron chi connectivity index (χ3n) is 5.54. The number of rotatable bonds is 10. The first-order valence-corrected chi connectivity index (χ1v) is 13.1. The Balaban J connectivity index is 2.01. The van der Waals surface area contributed by atoms with E-state index in [1.807, 2.05) is 30.3 Å². The molecule has 0 spiro atoms. The molecule has 2 aromatic rings. The molecule has 0 heterocycles. The summed E-state index contributed by atoms with van der Waals surface area (Å²) >= 11 is 0. The molecule has 0 radical (unpaired) electrons. The van der Waals surface area contributed by atoms with Gasteiger partial charge in [-0.1, -0.05) is 63.2 Å². The van der Waals surface area contributed by atoms with E-state index in [-0.39, 0.29) is 11.6 Å². The molecule has 2 rings (SSSR count). The van der Waals surface area contributed by atoms with Gasteiger partial charge in [0.2, 0.25) is 0 Å². The van der Waals surface area contributed by atoms with Crippen LogP contribution >= 0.6 is 0 Å². The number of hydrogen-bond donors (Lipinski definition) is 1. The predicted molar refractivity (Wildman–Crippen MR) is 122 cm³/mol. The molecule has 0 aliphatic carbocycles. The third-order valence-corrected chi connectivity index (χ3v) is 10.0. The lowest BCUT2D eigenvalue weighted by molar-refractivity contribution is -0.0804. The zero-order chi connectivity index (χ0) is 22.2. The highest BCUT2D eigenvalue weighted by atomic mass is 28.4. The van der Waals surface area contributed by atoms with Crippen LogP contribution in [-0.2, 0) is 15.8 Å². The maximum absolute atomic E-state index is 10.8. The molecule has 0 saturated carbocycles. The highest BCUT2D eigenvalue weighted by Crippen LogP contribution is 2.36. The average molecular weight is 428 g/mol. The van der Waals surface area contributed by atoms with Gasteiger partial charge >= 0.3 is 0 Å². The Morgan fingerprint density at radius 3 is 2.20 bits per heavy atom. The number of nitrogens with zero attached hydrogens (tertiary/aromatic N) is 1. The molecule has 5 nitrogen and oxygen atoms in total. The van der Waals surface area contributed by atoms with Gasteiger partial charge in [-0.15, -0.1) is 0 Å². The molecular weight excluding hydrogens is 394 g/mol. The van der Waals surface area contributed by atoms with E-state index in [0.29, 0.717) is 24.7 Å². The first-order valence-electron chi connectivity index (χ1n) is 10.2. The van der Waals surface area contributed by atoms with E-state index in [1.165, 1.54) is 0 Å². The van der Waals surface area contributed by atoms with Crippen LogP contribution in [0.15, 0.2) is 54.6 Å². The molecule has 0 aromatic heterocycles. The van der Waals surface area contributed by atoms with Crippen molar-refractivity contribution in [3.8, 4) is 5.75 Å². The summed E-state index contributed by atoms with van der Waals surface area (Å²) < 4.78 is 18.1. The lowest BCUT2D eigenvalue weighted by Crippen LogP contribution is -2.46. The van der Waals surface area contributed by atoms with E-state index in [9.17, 15) is 5.11 Å². The van der Waals surface area contributed by atoms with Gasteiger partial charge in [-0.05, 0) is 35.8 Å². The Bertz CT molecular complexity index is 810. The van der Waals surface area contributed by atoms with Crippen molar-refractivity contribution in [1.82, 2.24) is 0 Å². The molecule has 0 aliphatic heterocycles. The fourth-order valence-corrected chi connectivity index (χ4v) is 3.47. The van der Waals surface area contributed by atoms with E-state index in [0.717, 1.165) is 5.56 Å². The van der Waals surface area contributed by atoms with Crippen molar-refractivity contribution in [2.75, 3.05) is 13.2 Å². The molecule has 0 amide bonds. The molecule has 2 atom stereocenters. The zero-order valence-corrected chi connectivity index (χ0v) is 19.6. The van der Waals surface area contributed by atoms with E-state index < -0.39 is 20.5 Å². The minimum atomic E-state index is -1.98. The fourth-order valence-electron chi connectivity index (χ4n) is 2.46. The molecule has 0 bridgehead atoms. The smallest absolute Gasteiger partial charge is 0.192 e. The summed E-state index contributed by atoms with van der Waals surface area (Å²) in [6.45, 7) is 18.7. The van der Waals surface area contributed by atoms with Crippen LogP contribution in [0.1, 0.15) is 26.3 Å². The Labute approximate surface area is 181 Å². The Hall–Kier alpha value is -2.17. The van der Waals surface area contributed by atoms with Gasteiger partial charge in [0.05, 0.1) is 19.8 Å². The Morgan fingerprint density at radius 2 is 1.63 bits per heavy atom. The van der Waals surface area contributed by atoms with Crippen molar-refractivity contribution in [2.45, 2.75) is 57.7 Å². The third kappa shape index (κ3) is 7.26. The summed E-state index contributed by atoms with van der Waals surface area (Å²) in [4.78, 5) is 3.37. The van der Waals surface area contributed by atoms with Crippen molar-refractivity contribution in [1.29, 1.82) is 0 Å². The lowest BCUT2D eigenvalue weighted by atomic mass is 10.2. The molecule has 6 heteroatoms. The fraction of sp³-hybridized carbons (Fsp3) is 0.458. The summed E-state index contributed by atoms with van der Waals surface area (Å²) in [6.07, 6.45) is -1.36. The van der Waals surface area contributed by atoms with Gasteiger partial charge in [0.25, 0.3) is 0 Å². The highest BCUT2D eigenvalue weighted by molar-refractivity contribution is 6.74. The molecule has 1 N–H and O–H groups in total. The molecule has 0 aliphatic rings. The molecule has 0 unspecified atom stereocenters. The second-order valence-corrected chi connectivity index (χ2v) is 13.7. The molecule has 162 valence electrons. The molecular formula is C24H33NO4Si. The number of aliphatic hydroxyl groups excluding tert-OH is 1. The van der Waals surface area contributed by atoms with Gasteiger partial charge in [-0.3, -0.25) is 0 Å². The van der Waals surface area contributed by atoms with Crippen molar-refractivity contribution in [2.24, 2.45) is 0 Å². The first kappa shape index (κ1) is 24.1. The summed E-state index contributed by atoms with van der Waals surface area (Å²) in [5, 5.41) is 10.9. The summed E-state index contributed by atoms with van der Waals surface area (Å²) in [6, 6.07) is 16.7. The topological polar surface area (TPSA) is 52.3 Å². The quantitative estimate of drug-likeness (QED) is 0.397. The van der Waals surface area contributed by atoms with E-state index in [4.69, 9.17) is 20.5 Å². The van der Waals surface area contributed by atoms with Crippen LogP contribution in [0.25, 0.3) is 4.85 Å². The SMILES string of the molecule is [C-]#[N+]c1ccc(OC[C@@H](O)[C@H](CO[Si](C)(C)C(C)(C)C)OCc2ccccc2)cc1. The van der Waals surface area contributed by atoms with Crippen molar-refractivity contribution < 1.29 is 19.0 Å². The summed E-state index contributed by atoms with van der Waals surface area (Å²) in [5.41, 5.74) is 1.59. The van der Waals surface area contributed by atoms with Crippen LogP contribution in [-0.4, -0.2) is 38.8 Å². The second-order valence-electron chi connectivity index (χ2n) is 8.89. The normalized spacial score (nSPS) is 14.0. The van der Waals surface area contributed by atoms with Gasteiger partial charge in [0.15, 0.2) is 14.0 Å². The monoisotopic (exact) mass is 427 g/mol. The Kier molecular flexibility index (Phi) is 8.62. The standard InChI is InChI=1S/C24H33NO4Si/c1-24(2,3)30(5,6)29-18-23(28-16-19-10-8-7-9-11-19)22(26)17-27-21-14-12-20(25-4)13-15-21/h7-15,22-23,26H,16-18H2,1-3,5-6H3/t22-,23+/m1/s1. The van der Waals surface area contributed by atoms with E-state index >= 15 is 0 Å². The first-order chi connectivity index (χ1) is 14.1. The van der Waals surface area contributed by atoms with Crippen molar-refractivity contribution in [3.05, 3.63) is 71.6 Å². The van der Waals surface area contributed by atoms with Crippen LogP contribution in [0, 0.1) is 6.57 Å². The van der Waals surface area contributed by atoms with E-state index in [2.05, 4.69) is 38.7 Å². The minimum absolute atomic E-state index is 0.0725. The van der Waals surface area contributed by atoms with Crippen LogP contribution < -0.4 is 4.74 Å². The molecule has 2 aromatic carbocycles. The lowest BCUT2D eigenvalue weighted by Gasteiger charge is -2.37. The highest BCUT2D eigenvalue weighted by Gasteiger charge is 2.38. The number of benzene rings is 2. The number of aliphatic hydroxyl groups is 1. The van der Waals surface area contributed by atoms with Gasteiger partial charge in [0, 0.05) is 0 Å². The van der Waals surface area contributed by atoms with Gasteiger partial charge < -0.3 is 19.0 Å². The maximum atomic E-state index is 10.8. The number of ether oxygens (including phenoxy) is 2. The summed E-state index contributed by atoms with van der Waals surface area (Å²) in [7, 11) is -1.98. The van der Waals surface area contributed by atoms with Gasteiger partial charge in [-0.25, -0.2) is 4.85 Å².